The summed E-state index contributed by atoms with van der Waals surface area (Å²) >= 11 is 0. The molecule has 1 nitrogen and oxygen atoms in total. The van der Waals surface area contributed by atoms with Crippen molar-refractivity contribution < 1.29 is 23.6 Å². The van der Waals surface area contributed by atoms with Gasteiger partial charge in [0.05, 0.1) is 19.2 Å². The predicted molar refractivity (Wildman–Crippen MR) is 208 cm³/mol. The zero-order valence-electron chi connectivity index (χ0n) is 39.6. The molecule has 1 heterocycles. The zero-order valence-corrected chi connectivity index (χ0v) is 25.6. The molecule has 1 aromatic heterocycles. The number of fused-ring (bicyclic) bond motifs is 7. The molecule has 0 aliphatic heterocycles. The van der Waals surface area contributed by atoms with Crippen LogP contribution in [0.1, 0.15) is 19.2 Å². The second-order valence-corrected chi connectivity index (χ2v) is 11.7. The van der Waals surface area contributed by atoms with Crippen LogP contribution in [0.2, 0.25) is 0 Å². The van der Waals surface area contributed by atoms with Gasteiger partial charge in [0.1, 0.15) is 11.2 Å². The van der Waals surface area contributed by atoms with E-state index in [1.807, 2.05) is 84.9 Å². The van der Waals surface area contributed by atoms with Crippen LogP contribution in [0.25, 0.3) is 98.8 Å². The average Bonchev–Trinajstić information content (AvgIpc) is 3.70. The summed E-state index contributed by atoms with van der Waals surface area (Å²) < 4.78 is 128. The molecule has 0 unspecified atom stereocenters. The van der Waals surface area contributed by atoms with Crippen LogP contribution in [0.3, 0.4) is 0 Å². The Kier molecular flexibility index (Phi) is 3.87. The van der Waals surface area contributed by atoms with Crippen molar-refractivity contribution in [2.45, 2.75) is 0 Å². The molecular weight excluding hydrogens is 593 g/mol. The first-order valence-corrected chi connectivity index (χ1v) is 15.7. The van der Waals surface area contributed by atoms with Gasteiger partial charge in [-0.3, -0.25) is 0 Å². The third-order valence-electron chi connectivity index (χ3n) is 9.05. The monoisotopic (exact) mass is 636 g/mol. The van der Waals surface area contributed by atoms with Gasteiger partial charge in [-0.25, -0.2) is 0 Å². The first-order chi connectivity index (χ1) is 30.1. The molecule has 228 valence electrons. The standard InChI is InChI=1S/C48H30O/c1-2-12-31(13-3-1)32-22-24-34(25-23-32)36-15-6-7-17-39(36)47-42-20-10-8-18-40(42)46(41-19-9-11-21-43(41)47)35-27-28-38-44-29-26-33-14-4-5-16-37(33)48(44)49-45(38)30-35/h1-30H/i1D,2D,3D,4D,5D,12D,13D,14D,16D,26D,27D,28D,29D,30D. The van der Waals surface area contributed by atoms with Gasteiger partial charge in [0.15, 0.2) is 0 Å². The van der Waals surface area contributed by atoms with E-state index in [4.69, 9.17) is 19.5 Å². The number of hydrogen-bond donors (Lipinski definition) is 0. The highest BCUT2D eigenvalue weighted by molar-refractivity contribution is 6.23. The van der Waals surface area contributed by atoms with Crippen LogP contribution >= 0.6 is 0 Å². The number of hydrogen-bond acceptors (Lipinski definition) is 1. The van der Waals surface area contributed by atoms with E-state index in [2.05, 4.69) is 0 Å². The van der Waals surface area contributed by atoms with Crippen molar-refractivity contribution in [2.75, 3.05) is 0 Å². The minimum atomic E-state index is -0.566. The van der Waals surface area contributed by atoms with E-state index < -0.39 is 54.4 Å². The van der Waals surface area contributed by atoms with E-state index in [-0.39, 0.29) is 74.0 Å². The maximum absolute atomic E-state index is 9.70. The normalized spacial score (nSPS) is 15.7. The van der Waals surface area contributed by atoms with Crippen LogP contribution in [0, 0.1) is 0 Å². The molecular formula is C48H30O. The van der Waals surface area contributed by atoms with E-state index in [0.29, 0.717) is 21.9 Å². The molecule has 0 aliphatic carbocycles. The van der Waals surface area contributed by atoms with Crippen molar-refractivity contribution in [3.63, 3.8) is 0 Å². The summed E-state index contributed by atoms with van der Waals surface area (Å²) in [6.07, 6.45) is 0. The van der Waals surface area contributed by atoms with Gasteiger partial charge in [-0.1, -0.05) is 164 Å². The maximum Gasteiger partial charge on any atom is 0.143 e. The SMILES string of the molecule is [2H]c1c([2H])c([2H])c(-c2ccc(-c3ccccc3-c3c4ccccc4c(-c4c([2H])c([2H])c5c(oc6c7c([2H])c([2H])c([2H])c([2H])c7c([2H])c([2H])c65)c4[2H])c4ccccc34)cc2)c([2H])c1[2H]. The Morgan fingerprint density at radius 3 is 1.69 bits per heavy atom. The fourth-order valence-corrected chi connectivity index (χ4v) is 6.88. The maximum atomic E-state index is 9.70. The molecule has 0 spiro atoms. The second-order valence-electron chi connectivity index (χ2n) is 11.7. The zero-order chi connectivity index (χ0) is 44.5. The fraction of sp³-hybridized carbons (Fsp3) is 0. The number of rotatable bonds is 4. The Hall–Kier alpha value is -6.44. The third-order valence-corrected chi connectivity index (χ3v) is 9.05. The topological polar surface area (TPSA) is 13.1 Å². The summed E-state index contributed by atoms with van der Waals surface area (Å²) in [6, 6.07) is 24.3. The minimum Gasteiger partial charge on any atom is -0.455 e. The highest BCUT2D eigenvalue weighted by Gasteiger charge is 2.20. The molecule has 10 rings (SSSR count). The van der Waals surface area contributed by atoms with Crippen LogP contribution in [0.15, 0.2) is 186 Å². The Balaban J connectivity index is 1.23. The molecule has 0 N–H and O–H groups in total. The van der Waals surface area contributed by atoms with Crippen molar-refractivity contribution in [3.05, 3.63) is 182 Å². The Morgan fingerprint density at radius 1 is 0.367 bits per heavy atom. The summed E-state index contributed by atoms with van der Waals surface area (Å²) in [5, 5.41) is 2.41. The van der Waals surface area contributed by atoms with Crippen molar-refractivity contribution in [3.8, 4) is 44.5 Å². The Labute approximate surface area is 304 Å². The van der Waals surface area contributed by atoms with Gasteiger partial charge in [0.2, 0.25) is 0 Å². The highest BCUT2D eigenvalue weighted by Crippen LogP contribution is 2.47. The summed E-state index contributed by atoms with van der Waals surface area (Å²) in [4.78, 5) is 0. The van der Waals surface area contributed by atoms with Crippen LogP contribution in [-0.4, -0.2) is 0 Å². The van der Waals surface area contributed by atoms with E-state index in [9.17, 15) is 4.11 Å². The van der Waals surface area contributed by atoms with Gasteiger partial charge < -0.3 is 4.42 Å². The minimum absolute atomic E-state index is 0.0618. The van der Waals surface area contributed by atoms with Crippen molar-refractivity contribution in [1.82, 2.24) is 0 Å². The van der Waals surface area contributed by atoms with Crippen LogP contribution in [-0.2, 0) is 0 Å². The van der Waals surface area contributed by atoms with Gasteiger partial charge in [-0.05, 0) is 89.6 Å². The summed E-state index contributed by atoms with van der Waals surface area (Å²) in [6.45, 7) is 0. The molecule has 9 aromatic carbocycles. The molecule has 49 heavy (non-hydrogen) atoms. The first-order valence-electron chi connectivity index (χ1n) is 22.7. The second kappa shape index (κ2) is 11.1. The van der Waals surface area contributed by atoms with E-state index >= 15 is 0 Å². The van der Waals surface area contributed by atoms with E-state index in [0.717, 1.165) is 33.0 Å². The molecule has 10 aromatic rings. The smallest absolute Gasteiger partial charge is 0.143 e. The van der Waals surface area contributed by atoms with Gasteiger partial charge in [0.25, 0.3) is 0 Å². The first kappa shape index (κ1) is 17.1. The summed E-state index contributed by atoms with van der Waals surface area (Å²) in [7, 11) is 0. The number of benzene rings is 9. The molecule has 0 saturated heterocycles. The van der Waals surface area contributed by atoms with Crippen LogP contribution in [0.5, 0.6) is 0 Å². The quantitative estimate of drug-likeness (QED) is 0.175. The summed E-state index contributed by atoms with van der Waals surface area (Å²) in [5.74, 6) is 0. The largest absolute Gasteiger partial charge is 0.455 e. The van der Waals surface area contributed by atoms with Crippen molar-refractivity contribution in [1.29, 1.82) is 0 Å². The van der Waals surface area contributed by atoms with Crippen LogP contribution < -0.4 is 0 Å². The number of furan rings is 1. The molecule has 0 radical (unpaired) electrons. The predicted octanol–water partition coefficient (Wildman–Crippen LogP) is 13.7. The lowest BCUT2D eigenvalue weighted by molar-refractivity contribution is 0.673. The lowest BCUT2D eigenvalue weighted by atomic mass is 9.83. The van der Waals surface area contributed by atoms with E-state index in [1.54, 1.807) is 12.1 Å². The average molecular weight is 637 g/mol. The van der Waals surface area contributed by atoms with Crippen molar-refractivity contribution in [2.24, 2.45) is 0 Å². The molecule has 1 heteroatoms. The van der Waals surface area contributed by atoms with Gasteiger partial charge in [-0.2, -0.15) is 0 Å². The molecule has 0 saturated carbocycles. The molecule has 0 atom stereocenters. The molecule has 0 aliphatic rings. The Morgan fingerprint density at radius 2 is 0.959 bits per heavy atom. The summed E-state index contributed by atoms with van der Waals surface area (Å²) in [5.41, 5.74) is 4.21. The molecule has 0 bridgehead atoms. The highest BCUT2D eigenvalue weighted by atomic mass is 16.3. The Bertz CT molecular complexity index is 3580. The molecule has 0 amide bonds. The lowest BCUT2D eigenvalue weighted by Crippen LogP contribution is -1.92. The molecule has 0 fully saturated rings. The van der Waals surface area contributed by atoms with Gasteiger partial charge in [0, 0.05) is 16.2 Å². The van der Waals surface area contributed by atoms with Gasteiger partial charge >= 0.3 is 0 Å². The van der Waals surface area contributed by atoms with Gasteiger partial charge in [-0.15, -0.1) is 0 Å². The van der Waals surface area contributed by atoms with E-state index in [1.165, 1.54) is 0 Å². The van der Waals surface area contributed by atoms with Crippen LogP contribution in [0.4, 0.5) is 0 Å². The third kappa shape index (κ3) is 4.40. The lowest BCUT2D eigenvalue weighted by Gasteiger charge is -2.19. The van der Waals surface area contributed by atoms with Crippen molar-refractivity contribution >= 4 is 54.3 Å². The fourth-order valence-electron chi connectivity index (χ4n) is 6.88.